The van der Waals surface area contributed by atoms with Gasteiger partial charge in [-0.15, -0.1) is 0 Å². The molecular formula is CH9OSi2+. The van der Waals surface area contributed by atoms with Crippen LogP contribution >= 0.6 is 0 Å². The average molecular weight is 93.3 g/mol. The minimum atomic E-state index is -0.0139. The molecule has 0 saturated heterocycles. The van der Waals surface area contributed by atoms with E-state index in [9.17, 15) is 0 Å². The van der Waals surface area contributed by atoms with Crippen LogP contribution in [0.4, 0.5) is 0 Å². The highest BCUT2D eigenvalue weighted by Crippen LogP contribution is 1.45. The molecular weight excluding hydrogens is 84.2 g/mol. The summed E-state index contributed by atoms with van der Waals surface area (Å²) in [6.45, 7) is 2.13. The average Bonchev–Trinajstić information content (AvgIpc) is 1.37. The summed E-state index contributed by atoms with van der Waals surface area (Å²) in [6.07, 6.45) is 0. The molecule has 0 saturated carbocycles. The highest BCUT2D eigenvalue weighted by Gasteiger charge is 1.54. The van der Waals surface area contributed by atoms with Gasteiger partial charge in [-0.1, -0.05) is 6.55 Å². The van der Waals surface area contributed by atoms with E-state index in [1.54, 1.807) is 0 Å². The minimum absolute atomic E-state index is 0. The van der Waals surface area contributed by atoms with Crippen LogP contribution in [0.5, 0.6) is 0 Å². The van der Waals surface area contributed by atoms with Crippen LogP contribution in [0.25, 0.3) is 0 Å². The van der Waals surface area contributed by atoms with Crippen molar-refractivity contribution in [1.82, 2.24) is 0 Å². The van der Waals surface area contributed by atoms with Crippen molar-refractivity contribution in [3.8, 4) is 0 Å². The van der Waals surface area contributed by atoms with Crippen molar-refractivity contribution in [2.24, 2.45) is 0 Å². The Labute approximate surface area is 33.3 Å². The predicted molar refractivity (Wildman–Crippen MR) is 26.5 cm³/mol. The molecule has 0 atom stereocenters. The number of hydrogen-bond acceptors (Lipinski definition) is 1. The summed E-state index contributed by atoms with van der Waals surface area (Å²) in [6, 6.07) is 0. The highest BCUT2D eigenvalue weighted by molar-refractivity contribution is 6.32. The van der Waals surface area contributed by atoms with Gasteiger partial charge in [0.25, 0.3) is 0 Å². The van der Waals surface area contributed by atoms with E-state index < -0.39 is 0 Å². The first-order valence-electron chi connectivity index (χ1n) is 1.40. The molecule has 0 aliphatic rings. The van der Waals surface area contributed by atoms with Gasteiger partial charge in [-0.3, -0.25) is 0 Å². The molecule has 0 amide bonds. The van der Waals surface area contributed by atoms with Crippen molar-refractivity contribution in [3.63, 3.8) is 0 Å². The molecule has 0 N–H and O–H groups in total. The number of rotatable bonds is 1. The zero-order valence-electron chi connectivity index (χ0n) is 4.12. The molecule has 0 bridgehead atoms. The molecule has 4 heavy (non-hydrogen) atoms. The van der Waals surface area contributed by atoms with E-state index in [1.807, 2.05) is 0 Å². The second-order valence-electron chi connectivity index (χ2n) is 0.577. The molecule has 0 aromatic rings. The Morgan fingerprint density at radius 3 is 2.50 bits per heavy atom. The largest absolute Gasteiger partial charge is 1.00 e. The van der Waals surface area contributed by atoms with E-state index in [0.29, 0.717) is 0 Å². The van der Waals surface area contributed by atoms with Crippen molar-refractivity contribution in [1.29, 1.82) is 0 Å². The summed E-state index contributed by atoms with van der Waals surface area (Å²) in [5.74, 6) is 0. The molecule has 26 valence electrons. The van der Waals surface area contributed by atoms with E-state index in [-0.39, 0.29) is 11.2 Å². The van der Waals surface area contributed by atoms with Gasteiger partial charge in [-0.25, -0.2) is 0 Å². The smallest absolute Gasteiger partial charge is 0.468 e. The monoisotopic (exact) mass is 93.0 g/mol. The van der Waals surface area contributed by atoms with Crippen LogP contribution in [-0.4, -0.2) is 20.2 Å². The van der Waals surface area contributed by atoms with Crippen LogP contribution in [0.15, 0.2) is 0 Å². The van der Waals surface area contributed by atoms with E-state index >= 15 is 0 Å². The van der Waals surface area contributed by atoms with E-state index in [4.69, 9.17) is 4.12 Å². The summed E-state index contributed by atoms with van der Waals surface area (Å²) in [5, 5.41) is 0. The Morgan fingerprint density at radius 1 is 2.25 bits per heavy atom. The zero-order chi connectivity index (χ0) is 3.41. The van der Waals surface area contributed by atoms with Crippen LogP contribution in [0, 0.1) is 0 Å². The molecule has 0 heterocycles. The van der Waals surface area contributed by atoms with Crippen LogP contribution in [0.1, 0.15) is 1.43 Å². The lowest BCUT2D eigenvalue weighted by Crippen LogP contribution is -1.82. The quantitative estimate of drug-likeness (QED) is 0.360. The maximum absolute atomic E-state index is 4.82. The Morgan fingerprint density at radius 2 is 2.50 bits per heavy atom. The first kappa shape index (κ1) is 4.39. The van der Waals surface area contributed by atoms with Gasteiger partial charge in [0, 0.05) is 0 Å². The van der Waals surface area contributed by atoms with E-state index in [0.717, 1.165) is 10.5 Å². The lowest BCUT2D eigenvalue weighted by Gasteiger charge is -1.76. The summed E-state index contributed by atoms with van der Waals surface area (Å²) in [4.78, 5) is 0. The molecule has 0 aromatic carbocycles. The lowest BCUT2D eigenvalue weighted by molar-refractivity contribution is 0.671. The van der Waals surface area contributed by atoms with Crippen molar-refractivity contribution < 1.29 is 5.54 Å². The predicted octanol–water partition coefficient (Wildman–Crippen LogP) is -1.47. The van der Waals surface area contributed by atoms with Crippen molar-refractivity contribution in [2.45, 2.75) is 6.55 Å². The second kappa shape index (κ2) is 3.39. The summed E-state index contributed by atoms with van der Waals surface area (Å²) in [5.41, 5.74) is 0. The summed E-state index contributed by atoms with van der Waals surface area (Å²) < 4.78 is 4.82. The fourth-order valence-corrected chi connectivity index (χ4v) is 0. The molecule has 0 unspecified atom stereocenters. The first-order chi connectivity index (χ1) is 1.91. The van der Waals surface area contributed by atoms with Crippen LogP contribution < -0.4 is 0 Å². The second-order valence-corrected chi connectivity index (χ2v) is 3.46. The maximum Gasteiger partial charge on any atom is 1.00 e. The zero-order valence-corrected chi connectivity index (χ0v) is 6.53. The topological polar surface area (TPSA) is 9.23 Å². The molecule has 1 nitrogen and oxygen atoms in total. The first-order valence-corrected chi connectivity index (χ1v) is 4.21. The van der Waals surface area contributed by atoms with Crippen LogP contribution in [0.2, 0.25) is 6.55 Å². The van der Waals surface area contributed by atoms with Crippen molar-refractivity contribution in [2.75, 3.05) is 0 Å². The van der Waals surface area contributed by atoms with Crippen LogP contribution in [-0.2, 0) is 4.12 Å². The lowest BCUT2D eigenvalue weighted by atomic mass is 11.9. The third-order valence-corrected chi connectivity index (χ3v) is 2.60. The van der Waals surface area contributed by atoms with Gasteiger partial charge in [-0.05, 0) is 0 Å². The number of hydrogen-bond donors (Lipinski definition) is 0. The Hall–Kier alpha value is 0.394. The van der Waals surface area contributed by atoms with E-state index in [2.05, 4.69) is 6.55 Å². The molecule has 0 rings (SSSR count). The Bertz CT molecular complexity index is 11.6. The third-order valence-electron chi connectivity index (χ3n) is 0.289. The van der Waals surface area contributed by atoms with Gasteiger partial charge < -0.3 is 4.12 Å². The van der Waals surface area contributed by atoms with Crippen molar-refractivity contribution >= 4 is 20.2 Å². The maximum atomic E-state index is 4.82. The van der Waals surface area contributed by atoms with Gasteiger partial charge in [0.05, 0.1) is 0 Å². The summed E-state index contributed by atoms with van der Waals surface area (Å²) >= 11 is 0. The standard InChI is InChI=1S/CH8OSi2/c1-4-2-3/h4H2,1,3H3/p+1. The van der Waals surface area contributed by atoms with Gasteiger partial charge >= 0.3 is 1.43 Å². The van der Waals surface area contributed by atoms with E-state index in [1.165, 1.54) is 0 Å². The minimum Gasteiger partial charge on any atom is -0.468 e. The molecule has 3 heteroatoms. The Balaban J connectivity index is 0. The third kappa shape index (κ3) is 2.39. The van der Waals surface area contributed by atoms with Crippen molar-refractivity contribution in [3.05, 3.63) is 0 Å². The van der Waals surface area contributed by atoms with Gasteiger partial charge in [0.1, 0.15) is 20.2 Å². The molecule has 0 radical (unpaired) electrons. The molecule has 0 spiro atoms. The molecule has 0 aliphatic heterocycles. The fraction of sp³-hybridized carbons (Fsp3) is 1.00. The normalized spacial score (nSPS) is 11.2. The van der Waals surface area contributed by atoms with Crippen LogP contribution in [0.3, 0.4) is 0 Å². The fourth-order valence-electron chi connectivity index (χ4n) is 0. The highest BCUT2D eigenvalue weighted by atomic mass is 28.3. The van der Waals surface area contributed by atoms with Gasteiger partial charge in [-0.2, -0.15) is 0 Å². The SMILES string of the molecule is C[SiH2]O[SiH3].[H+]. The Kier molecular flexibility index (Phi) is 3.73. The molecule has 0 fully saturated rings. The molecule has 0 aliphatic carbocycles. The van der Waals surface area contributed by atoms with Gasteiger partial charge in [0.15, 0.2) is 0 Å². The summed E-state index contributed by atoms with van der Waals surface area (Å²) in [7, 11) is 0.938. The van der Waals surface area contributed by atoms with Gasteiger partial charge in [0.2, 0.25) is 0 Å². The molecule has 0 aromatic heterocycles.